The largest absolute Gasteiger partial charge is 0.362 e. The standard InChI is InChI=1S/C10H9BrN2O3/c1-6-2-7(11)3-12-10(6)13-8(14)4-16-5-9(13)15/h2-3H,4-5H2,1H3. The van der Waals surface area contributed by atoms with E-state index < -0.39 is 0 Å². The highest BCUT2D eigenvalue weighted by Gasteiger charge is 2.30. The molecule has 0 radical (unpaired) electrons. The Morgan fingerprint density at radius 1 is 1.38 bits per heavy atom. The lowest BCUT2D eigenvalue weighted by molar-refractivity contribution is -0.138. The number of carbonyl (C=O) groups is 2. The van der Waals surface area contributed by atoms with E-state index in [-0.39, 0.29) is 25.0 Å². The van der Waals surface area contributed by atoms with Gasteiger partial charge in [0.15, 0.2) is 0 Å². The summed E-state index contributed by atoms with van der Waals surface area (Å²) in [5.41, 5.74) is 0.762. The van der Waals surface area contributed by atoms with Crippen LogP contribution >= 0.6 is 15.9 Å². The maximum atomic E-state index is 11.6. The molecule has 1 fully saturated rings. The Morgan fingerprint density at radius 2 is 2.00 bits per heavy atom. The number of aryl methyl sites for hydroxylation is 1. The first kappa shape index (κ1) is 11.2. The number of imide groups is 1. The number of carbonyl (C=O) groups excluding carboxylic acids is 2. The third-order valence-electron chi connectivity index (χ3n) is 2.18. The second kappa shape index (κ2) is 4.31. The number of hydrogen-bond acceptors (Lipinski definition) is 4. The van der Waals surface area contributed by atoms with Crippen LogP contribution in [0, 0.1) is 6.92 Å². The van der Waals surface area contributed by atoms with Gasteiger partial charge in [0, 0.05) is 10.7 Å². The van der Waals surface area contributed by atoms with Gasteiger partial charge in [-0.3, -0.25) is 9.59 Å². The summed E-state index contributed by atoms with van der Waals surface area (Å²) in [5, 5.41) is 0. The molecular weight excluding hydrogens is 276 g/mol. The molecule has 1 aliphatic rings. The average Bonchev–Trinajstić information content (AvgIpc) is 2.20. The van der Waals surface area contributed by atoms with E-state index in [1.54, 1.807) is 19.2 Å². The molecule has 1 aliphatic heterocycles. The molecule has 0 aromatic carbocycles. The van der Waals surface area contributed by atoms with E-state index in [0.717, 1.165) is 14.9 Å². The van der Waals surface area contributed by atoms with Crippen molar-refractivity contribution in [2.75, 3.05) is 18.1 Å². The van der Waals surface area contributed by atoms with E-state index in [4.69, 9.17) is 4.74 Å². The van der Waals surface area contributed by atoms with E-state index >= 15 is 0 Å². The SMILES string of the molecule is Cc1cc(Br)cnc1N1C(=O)COCC1=O. The van der Waals surface area contributed by atoms with Crippen LogP contribution in [0.3, 0.4) is 0 Å². The van der Waals surface area contributed by atoms with Gasteiger partial charge in [0.1, 0.15) is 19.0 Å². The minimum atomic E-state index is -0.380. The highest BCUT2D eigenvalue weighted by Crippen LogP contribution is 2.22. The number of morpholine rings is 1. The smallest absolute Gasteiger partial charge is 0.261 e. The van der Waals surface area contributed by atoms with Crippen LogP contribution in [0.5, 0.6) is 0 Å². The summed E-state index contributed by atoms with van der Waals surface area (Å²) in [4.78, 5) is 28.3. The van der Waals surface area contributed by atoms with Crippen molar-refractivity contribution in [3.63, 3.8) is 0 Å². The quantitative estimate of drug-likeness (QED) is 0.723. The lowest BCUT2D eigenvalue weighted by Crippen LogP contribution is -2.47. The molecule has 0 unspecified atom stereocenters. The molecular formula is C10H9BrN2O3. The molecule has 16 heavy (non-hydrogen) atoms. The van der Waals surface area contributed by atoms with Crippen LogP contribution < -0.4 is 4.90 Å². The predicted molar refractivity (Wildman–Crippen MR) is 60.0 cm³/mol. The minimum Gasteiger partial charge on any atom is -0.362 e. The Bertz CT molecular complexity index is 445. The van der Waals surface area contributed by atoms with Crippen LogP contribution in [-0.4, -0.2) is 30.0 Å². The molecule has 0 saturated carbocycles. The van der Waals surface area contributed by atoms with Crippen molar-refractivity contribution >= 4 is 33.6 Å². The molecule has 0 N–H and O–H groups in total. The number of pyridine rings is 1. The van der Waals surface area contributed by atoms with Gasteiger partial charge in [0.05, 0.1) is 0 Å². The van der Waals surface area contributed by atoms with Gasteiger partial charge in [0.2, 0.25) is 0 Å². The molecule has 1 aromatic heterocycles. The fourth-order valence-electron chi connectivity index (χ4n) is 1.50. The van der Waals surface area contributed by atoms with Crippen LogP contribution in [0.4, 0.5) is 5.82 Å². The highest BCUT2D eigenvalue weighted by molar-refractivity contribution is 9.10. The lowest BCUT2D eigenvalue weighted by atomic mass is 10.2. The zero-order valence-electron chi connectivity index (χ0n) is 8.57. The van der Waals surface area contributed by atoms with Crippen LogP contribution in [0.1, 0.15) is 5.56 Å². The van der Waals surface area contributed by atoms with Crippen molar-refractivity contribution in [1.82, 2.24) is 4.98 Å². The zero-order chi connectivity index (χ0) is 11.7. The Hall–Kier alpha value is -1.27. The van der Waals surface area contributed by atoms with Gasteiger partial charge in [0.25, 0.3) is 11.8 Å². The summed E-state index contributed by atoms with van der Waals surface area (Å²) in [5.74, 6) is -0.384. The van der Waals surface area contributed by atoms with E-state index in [2.05, 4.69) is 20.9 Å². The van der Waals surface area contributed by atoms with Gasteiger partial charge in [-0.25, -0.2) is 9.88 Å². The second-order valence-electron chi connectivity index (χ2n) is 3.41. The Labute approximate surface area is 101 Å². The molecule has 0 bridgehead atoms. The number of amides is 2. The molecule has 0 atom stereocenters. The predicted octanol–water partition coefficient (Wildman–Crippen LogP) is 1.04. The summed E-state index contributed by atoms with van der Waals surface area (Å²) in [6.45, 7) is 1.63. The van der Waals surface area contributed by atoms with Crippen LogP contribution in [0.2, 0.25) is 0 Å². The monoisotopic (exact) mass is 284 g/mol. The van der Waals surface area contributed by atoms with Gasteiger partial charge in [-0.2, -0.15) is 0 Å². The normalized spacial score (nSPS) is 16.8. The summed E-state index contributed by atoms with van der Waals surface area (Å²) < 4.78 is 5.64. The molecule has 1 aromatic rings. The van der Waals surface area contributed by atoms with Crippen LogP contribution in [0.15, 0.2) is 16.7 Å². The van der Waals surface area contributed by atoms with Crippen LogP contribution in [-0.2, 0) is 14.3 Å². The molecule has 2 rings (SSSR count). The molecule has 6 heteroatoms. The molecule has 2 heterocycles. The van der Waals surface area contributed by atoms with E-state index in [9.17, 15) is 9.59 Å². The van der Waals surface area contributed by atoms with Gasteiger partial charge in [-0.05, 0) is 34.5 Å². The Balaban J connectivity index is 2.42. The molecule has 0 aliphatic carbocycles. The average molecular weight is 285 g/mol. The van der Waals surface area contributed by atoms with E-state index in [1.165, 1.54) is 0 Å². The van der Waals surface area contributed by atoms with Crippen molar-refractivity contribution in [3.8, 4) is 0 Å². The van der Waals surface area contributed by atoms with Gasteiger partial charge in [-0.1, -0.05) is 0 Å². The summed E-state index contributed by atoms with van der Waals surface area (Å²) in [6.07, 6.45) is 1.55. The van der Waals surface area contributed by atoms with E-state index in [0.29, 0.717) is 5.82 Å². The van der Waals surface area contributed by atoms with Crippen molar-refractivity contribution in [2.24, 2.45) is 0 Å². The first-order valence-corrected chi connectivity index (χ1v) is 5.44. The second-order valence-corrected chi connectivity index (χ2v) is 4.33. The number of halogens is 1. The van der Waals surface area contributed by atoms with Crippen molar-refractivity contribution in [3.05, 3.63) is 22.3 Å². The lowest BCUT2D eigenvalue weighted by Gasteiger charge is -2.25. The number of nitrogens with zero attached hydrogens (tertiary/aromatic N) is 2. The Morgan fingerprint density at radius 3 is 2.56 bits per heavy atom. The fourth-order valence-corrected chi connectivity index (χ4v) is 1.94. The first-order chi connectivity index (χ1) is 7.59. The first-order valence-electron chi connectivity index (χ1n) is 4.65. The van der Waals surface area contributed by atoms with Crippen molar-refractivity contribution in [2.45, 2.75) is 6.92 Å². The summed E-state index contributed by atoms with van der Waals surface area (Å²) in [6, 6.07) is 1.80. The third kappa shape index (κ3) is 1.98. The topological polar surface area (TPSA) is 59.5 Å². The van der Waals surface area contributed by atoms with Gasteiger partial charge < -0.3 is 4.74 Å². The molecule has 2 amide bonds. The summed E-state index contributed by atoms with van der Waals surface area (Å²) in [7, 11) is 0. The molecule has 5 nitrogen and oxygen atoms in total. The van der Waals surface area contributed by atoms with Crippen LogP contribution in [0.25, 0.3) is 0 Å². The minimum absolute atomic E-state index is 0.0804. The number of anilines is 1. The Kier molecular flexibility index (Phi) is 3.02. The highest BCUT2D eigenvalue weighted by atomic mass is 79.9. The molecule has 1 saturated heterocycles. The zero-order valence-corrected chi connectivity index (χ0v) is 10.2. The van der Waals surface area contributed by atoms with Crippen molar-refractivity contribution < 1.29 is 14.3 Å². The fraction of sp³-hybridized carbons (Fsp3) is 0.300. The molecule has 0 spiro atoms. The maximum absolute atomic E-state index is 11.6. The number of rotatable bonds is 1. The maximum Gasteiger partial charge on any atom is 0.261 e. The van der Waals surface area contributed by atoms with Gasteiger partial charge >= 0.3 is 0 Å². The number of aromatic nitrogens is 1. The van der Waals surface area contributed by atoms with Gasteiger partial charge in [-0.15, -0.1) is 0 Å². The van der Waals surface area contributed by atoms with E-state index in [1.807, 2.05) is 0 Å². The summed E-state index contributed by atoms with van der Waals surface area (Å²) >= 11 is 3.27. The number of hydrogen-bond donors (Lipinski definition) is 0. The third-order valence-corrected chi connectivity index (χ3v) is 2.61. The molecule has 84 valence electrons. The van der Waals surface area contributed by atoms with Crippen molar-refractivity contribution in [1.29, 1.82) is 0 Å². The number of ether oxygens (including phenoxy) is 1.